The molecule has 4 nitrogen and oxygen atoms in total. The lowest BCUT2D eigenvalue weighted by Crippen LogP contribution is -2.43. The van der Waals surface area contributed by atoms with Gasteiger partial charge < -0.3 is 14.4 Å². The van der Waals surface area contributed by atoms with Crippen molar-refractivity contribution in [1.29, 1.82) is 0 Å². The van der Waals surface area contributed by atoms with Gasteiger partial charge in [0.15, 0.2) is 0 Å². The average Bonchev–Trinajstić information content (AvgIpc) is 2.25. The first-order valence-corrected chi connectivity index (χ1v) is 5.87. The van der Waals surface area contributed by atoms with Gasteiger partial charge in [-0.05, 0) is 33.6 Å². The predicted molar refractivity (Wildman–Crippen MR) is 62.3 cm³/mol. The van der Waals surface area contributed by atoms with Gasteiger partial charge in [0.25, 0.3) is 0 Å². The summed E-state index contributed by atoms with van der Waals surface area (Å²) in [5.41, 5.74) is -0.249. The molecule has 0 saturated carbocycles. The third-order valence-electron chi connectivity index (χ3n) is 2.76. The van der Waals surface area contributed by atoms with Crippen LogP contribution in [0.1, 0.15) is 33.6 Å². The number of hydrogen-bond acceptors (Lipinski definition) is 3. The topological polar surface area (TPSA) is 38.8 Å². The Morgan fingerprint density at radius 3 is 2.31 bits per heavy atom. The standard InChI is InChI=1S/C12H23NO3/c1-12(2,3)16-9-11(14)13-7-5-10(15-4)6-8-13/h10H,5-9H2,1-4H3. The van der Waals surface area contributed by atoms with Gasteiger partial charge in [-0.1, -0.05) is 0 Å². The van der Waals surface area contributed by atoms with Gasteiger partial charge in [-0.3, -0.25) is 4.79 Å². The molecule has 1 saturated heterocycles. The van der Waals surface area contributed by atoms with Crippen molar-refractivity contribution >= 4 is 5.91 Å². The third-order valence-corrected chi connectivity index (χ3v) is 2.76. The fourth-order valence-electron chi connectivity index (χ4n) is 1.71. The molecule has 0 aliphatic carbocycles. The van der Waals surface area contributed by atoms with Gasteiger partial charge in [0, 0.05) is 20.2 Å². The van der Waals surface area contributed by atoms with Crippen molar-refractivity contribution in [3.63, 3.8) is 0 Å². The van der Waals surface area contributed by atoms with Crippen LogP contribution in [0.5, 0.6) is 0 Å². The highest BCUT2D eigenvalue weighted by Gasteiger charge is 2.23. The number of carbonyl (C=O) groups is 1. The zero-order valence-electron chi connectivity index (χ0n) is 10.8. The molecule has 1 rings (SSSR count). The molecule has 0 aromatic rings. The van der Waals surface area contributed by atoms with Gasteiger partial charge in [0.2, 0.25) is 5.91 Å². The number of piperidine rings is 1. The Morgan fingerprint density at radius 1 is 1.31 bits per heavy atom. The maximum absolute atomic E-state index is 11.8. The van der Waals surface area contributed by atoms with Crippen LogP contribution in [-0.4, -0.2) is 49.3 Å². The van der Waals surface area contributed by atoms with Crippen molar-refractivity contribution in [2.24, 2.45) is 0 Å². The van der Waals surface area contributed by atoms with Crippen LogP contribution in [0.3, 0.4) is 0 Å². The molecule has 0 aromatic carbocycles. The first kappa shape index (κ1) is 13.5. The molecule has 0 atom stereocenters. The molecule has 1 aliphatic heterocycles. The second-order valence-electron chi connectivity index (χ2n) is 5.22. The normalized spacial score (nSPS) is 18.9. The lowest BCUT2D eigenvalue weighted by Gasteiger charge is -2.32. The number of nitrogens with zero attached hydrogens (tertiary/aromatic N) is 1. The molecule has 0 bridgehead atoms. The minimum absolute atomic E-state index is 0.0875. The number of hydrogen-bond donors (Lipinski definition) is 0. The molecular weight excluding hydrogens is 206 g/mol. The number of carbonyl (C=O) groups excluding carboxylic acids is 1. The van der Waals surface area contributed by atoms with Crippen LogP contribution in [0.15, 0.2) is 0 Å². The molecule has 1 heterocycles. The van der Waals surface area contributed by atoms with Gasteiger partial charge in [0.05, 0.1) is 11.7 Å². The van der Waals surface area contributed by atoms with Crippen LogP contribution in [0.25, 0.3) is 0 Å². The Hall–Kier alpha value is -0.610. The van der Waals surface area contributed by atoms with E-state index in [1.807, 2.05) is 25.7 Å². The van der Waals surface area contributed by atoms with Crippen LogP contribution >= 0.6 is 0 Å². The average molecular weight is 229 g/mol. The van der Waals surface area contributed by atoms with Crippen molar-refractivity contribution in [3.05, 3.63) is 0 Å². The van der Waals surface area contributed by atoms with Gasteiger partial charge in [-0.15, -0.1) is 0 Å². The van der Waals surface area contributed by atoms with E-state index < -0.39 is 0 Å². The summed E-state index contributed by atoms with van der Waals surface area (Å²) in [6.45, 7) is 7.61. The Bertz CT molecular complexity index is 227. The molecule has 1 fully saturated rings. The predicted octanol–water partition coefficient (Wildman–Crippen LogP) is 1.44. The second kappa shape index (κ2) is 5.64. The largest absolute Gasteiger partial charge is 0.381 e. The van der Waals surface area contributed by atoms with Gasteiger partial charge >= 0.3 is 0 Å². The quantitative estimate of drug-likeness (QED) is 0.735. The molecule has 16 heavy (non-hydrogen) atoms. The van der Waals surface area contributed by atoms with E-state index in [4.69, 9.17) is 9.47 Å². The van der Waals surface area contributed by atoms with Gasteiger partial charge in [-0.2, -0.15) is 0 Å². The Balaban J connectivity index is 2.28. The van der Waals surface area contributed by atoms with Gasteiger partial charge in [-0.25, -0.2) is 0 Å². The molecule has 0 N–H and O–H groups in total. The number of ether oxygens (including phenoxy) is 2. The number of rotatable bonds is 3. The lowest BCUT2D eigenvalue weighted by atomic mass is 10.1. The van der Waals surface area contributed by atoms with Crippen LogP contribution in [0.4, 0.5) is 0 Å². The van der Waals surface area contributed by atoms with Crippen LogP contribution in [0.2, 0.25) is 0 Å². The second-order valence-corrected chi connectivity index (χ2v) is 5.22. The summed E-state index contributed by atoms with van der Waals surface area (Å²) in [5, 5.41) is 0. The molecule has 1 amide bonds. The maximum atomic E-state index is 11.8. The summed E-state index contributed by atoms with van der Waals surface area (Å²) in [5.74, 6) is 0.0875. The van der Waals surface area contributed by atoms with E-state index >= 15 is 0 Å². The van der Waals surface area contributed by atoms with E-state index in [1.165, 1.54) is 0 Å². The molecule has 1 aliphatic rings. The first-order chi connectivity index (χ1) is 7.42. The minimum Gasteiger partial charge on any atom is -0.381 e. The lowest BCUT2D eigenvalue weighted by molar-refractivity contribution is -0.143. The molecule has 0 unspecified atom stereocenters. The summed E-state index contributed by atoms with van der Waals surface area (Å²) in [4.78, 5) is 13.7. The highest BCUT2D eigenvalue weighted by atomic mass is 16.5. The molecule has 4 heteroatoms. The zero-order valence-corrected chi connectivity index (χ0v) is 10.8. The van der Waals surface area contributed by atoms with Gasteiger partial charge in [0.1, 0.15) is 6.61 Å². The Kier molecular flexibility index (Phi) is 4.74. The SMILES string of the molecule is COC1CCN(C(=O)COC(C)(C)C)CC1. The Labute approximate surface area is 97.9 Å². The molecule has 0 spiro atoms. The van der Waals surface area contributed by atoms with Crippen LogP contribution < -0.4 is 0 Å². The summed E-state index contributed by atoms with van der Waals surface area (Å²) < 4.78 is 10.7. The van der Waals surface area contributed by atoms with Crippen molar-refractivity contribution < 1.29 is 14.3 Å². The fourth-order valence-corrected chi connectivity index (χ4v) is 1.71. The van der Waals surface area contributed by atoms with E-state index in [9.17, 15) is 4.79 Å². The number of likely N-dealkylation sites (tertiary alicyclic amines) is 1. The smallest absolute Gasteiger partial charge is 0.248 e. The molecule has 0 aromatic heterocycles. The summed E-state index contributed by atoms with van der Waals surface area (Å²) >= 11 is 0. The van der Waals surface area contributed by atoms with Crippen molar-refractivity contribution in [2.45, 2.75) is 45.3 Å². The van der Waals surface area contributed by atoms with Crippen molar-refractivity contribution in [3.8, 4) is 0 Å². The third kappa shape index (κ3) is 4.49. The fraction of sp³-hybridized carbons (Fsp3) is 0.917. The number of methoxy groups -OCH3 is 1. The van der Waals surface area contributed by atoms with E-state index in [0.717, 1.165) is 25.9 Å². The summed E-state index contributed by atoms with van der Waals surface area (Å²) in [7, 11) is 1.73. The molecule has 0 radical (unpaired) electrons. The van der Waals surface area contributed by atoms with E-state index in [-0.39, 0.29) is 18.1 Å². The summed E-state index contributed by atoms with van der Waals surface area (Å²) in [6.07, 6.45) is 2.17. The van der Waals surface area contributed by atoms with Crippen LogP contribution in [-0.2, 0) is 14.3 Å². The monoisotopic (exact) mass is 229 g/mol. The van der Waals surface area contributed by atoms with Crippen LogP contribution in [0, 0.1) is 0 Å². The van der Waals surface area contributed by atoms with E-state index in [2.05, 4.69) is 0 Å². The zero-order chi connectivity index (χ0) is 12.2. The Morgan fingerprint density at radius 2 is 1.88 bits per heavy atom. The maximum Gasteiger partial charge on any atom is 0.248 e. The minimum atomic E-state index is -0.249. The van der Waals surface area contributed by atoms with Crippen molar-refractivity contribution in [2.75, 3.05) is 26.8 Å². The highest BCUT2D eigenvalue weighted by molar-refractivity contribution is 5.77. The molecular formula is C12H23NO3. The molecule has 94 valence electrons. The summed E-state index contributed by atoms with van der Waals surface area (Å²) in [6, 6.07) is 0. The number of amides is 1. The van der Waals surface area contributed by atoms with E-state index in [0.29, 0.717) is 6.10 Å². The first-order valence-electron chi connectivity index (χ1n) is 5.87. The van der Waals surface area contributed by atoms with E-state index in [1.54, 1.807) is 7.11 Å². The van der Waals surface area contributed by atoms with Crippen molar-refractivity contribution in [1.82, 2.24) is 4.90 Å². The highest BCUT2D eigenvalue weighted by Crippen LogP contribution is 2.14.